The van der Waals surface area contributed by atoms with E-state index in [2.05, 4.69) is 79.5 Å². The van der Waals surface area contributed by atoms with E-state index in [1.807, 2.05) is 24.3 Å². The van der Waals surface area contributed by atoms with E-state index in [-0.39, 0.29) is 12.5 Å². The first-order chi connectivity index (χ1) is 18.2. The maximum Gasteiger partial charge on any atom is 0.228 e. The lowest BCUT2D eigenvalue weighted by atomic mass is 9.81. The molecule has 1 atom stereocenters. The van der Waals surface area contributed by atoms with Gasteiger partial charge in [0.2, 0.25) is 5.88 Å². The largest absolute Gasteiger partial charge is 0.485 e. The van der Waals surface area contributed by atoms with Crippen LogP contribution in [0, 0.1) is 13.8 Å². The van der Waals surface area contributed by atoms with Crippen molar-refractivity contribution in [2.45, 2.75) is 26.4 Å². The van der Waals surface area contributed by atoms with Crippen molar-refractivity contribution in [1.82, 2.24) is 19.6 Å². The van der Waals surface area contributed by atoms with Crippen molar-refractivity contribution in [3.63, 3.8) is 0 Å². The highest BCUT2D eigenvalue weighted by atomic mass is 16.5. The van der Waals surface area contributed by atoms with Gasteiger partial charge in [-0.05, 0) is 53.4 Å². The van der Waals surface area contributed by atoms with Crippen molar-refractivity contribution in [2.24, 2.45) is 0 Å². The van der Waals surface area contributed by atoms with Crippen molar-refractivity contribution in [3.05, 3.63) is 125 Å². The summed E-state index contributed by atoms with van der Waals surface area (Å²) in [4.78, 5) is 9.59. The Morgan fingerprint density at radius 1 is 0.865 bits per heavy atom. The molecule has 0 radical (unpaired) electrons. The first-order valence-electron chi connectivity index (χ1n) is 12.3. The first-order valence-corrected chi connectivity index (χ1v) is 12.3. The van der Waals surface area contributed by atoms with Crippen LogP contribution in [-0.4, -0.2) is 19.6 Å². The summed E-state index contributed by atoms with van der Waals surface area (Å²) in [6, 6.07) is 29.1. The lowest BCUT2D eigenvalue weighted by Crippen LogP contribution is -2.15. The molecule has 3 heterocycles. The Balaban J connectivity index is 1.39. The summed E-state index contributed by atoms with van der Waals surface area (Å²) >= 11 is 0. The molecule has 37 heavy (non-hydrogen) atoms. The van der Waals surface area contributed by atoms with Crippen LogP contribution in [0.3, 0.4) is 0 Å². The van der Waals surface area contributed by atoms with Crippen LogP contribution in [0.4, 0.5) is 0 Å². The highest BCUT2D eigenvalue weighted by molar-refractivity contribution is 5.90. The van der Waals surface area contributed by atoms with Gasteiger partial charge in [-0.3, -0.25) is 0 Å². The second-order valence-electron chi connectivity index (χ2n) is 9.39. The summed E-state index contributed by atoms with van der Waals surface area (Å²) in [5.41, 5.74) is 6.19. The number of benzene rings is 4. The molecule has 180 valence electrons. The number of hydrogen-bond acceptors (Lipinski definition) is 5. The van der Waals surface area contributed by atoms with Crippen LogP contribution in [-0.2, 0) is 6.61 Å². The van der Waals surface area contributed by atoms with Gasteiger partial charge in [-0.2, -0.15) is 0 Å². The molecule has 0 N–H and O–H groups in total. The van der Waals surface area contributed by atoms with E-state index >= 15 is 0 Å². The summed E-state index contributed by atoms with van der Waals surface area (Å²) in [6.07, 6.45) is 1.66. The van der Waals surface area contributed by atoms with Crippen molar-refractivity contribution < 1.29 is 9.47 Å². The molecule has 4 aromatic carbocycles. The highest BCUT2D eigenvalue weighted by Gasteiger charge is 2.34. The predicted octanol–water partition coefficient (Wildman–Crippen LogP) is 6.76. The number of hydrogen-bond donors (Lipinski definition) is 0. The second kappa shape index (κ2) is 8.45. The molecule has 0 bridgehead atoms. The van der Waals surface area contributed by atoms with Crippen LogP contribution in [0.2, 0.25) is 0 Å². The molecule has 0 unspecified atom stereocenters. The van der Waals surface area contributed by atoms with Gasteiger partial charge in [0.1, 0.15) is 24.4 Å². The van der Waals surface area contributed by atoms with Crippen molar-refractivity contribution in [3.8, 4) is 17.4 Å². The average Bonchev–Trinajstić information content (AvgIpc) is 3.36. The van der Waals surface area contributed by atoms with Gasteiger partial charge >= 0.3 is 0 Å². The molecule has 0 saturated carbocycles. The van der Waals surface area contributed by atoms with Gasteiger partial charge < -0.3 is 9.47 Å². The van der Waals surface area contributed by atoms with Crippen LogP contribution in [0.1, 0.15) is 39.6 Å². The van der Waals surface area contributed by atoms with Crippen LogP contribution < -0.4 is 9.47 Å². The van der Waals surface area contributed by atoms with E-state index in [4.69, 9.17) is 19.6 Å². The molecule has 1 aliphatic heterocycles. The van der Waals surface area contributed by atoms with E-state index in [0.717, 1.165) is 44.8 Å². The molecule has 1 aliphatic rings. The van der Waals surface area contributed by atoms with Crippen LogP contribution in [0.15, 0.2) is 91.3 Å². The Labute approximate surface area is 214 Å². The molecule has 0 spiro atoms. The molecule has 0 amide bonds. The smallest absolute Gasteiger partial charge is 0.228 e. The molecule has 2 aromatic heterocycles. The third kappa shape index (κ3) is 3.52. The van der Waals surface area contributed by atoms with Crippen molar-refractivity contribution >= 4 is 16.4 Å². The Kier molecular flexibility index (Phi) is 4.92. The van der Waals surface area contributed by atoms with Gasteiger partial charge in [0.25, 0.3) is 0 Å². The molecule has 7 rings (SSSR count). The summed E-state index contributed by atoms with van der Waals surface area (Å²) in [5, 5.41) is 7.01. The van der Waals surface area contributed by atoms with Gasteiger partial charge in [0.05, 0.1) is 5.56 Å². The Morgan fingerprint density at radius 3 is 2.59 bits per heavy atom. The number of fused-ring (bicyclic) bond motifs is 6. The molecule has 6 heteroatoms. The molecule has 6 aromatic rings. The summed E-state index contributed by atoms with van der Waals surface area (Å²) in [6.45, 7) is 4.40. The maximum absolute atomic E-state index is 6.39. The minimum Gasteiger partial charge on any atom is -0.485 e. The number of aromatic nitrogens is 4. The average molecular weight is 485 g/mol. The predicted molar refractivity (Wildman–Crippen MR) is 142 cm³/mol. The highest BCUT2D eigenvalue weighted by Crippen LogP contribution is 2.50. The quantitative estimate of drug-likeness (QED) is 0.276. The van der Waals surface area contributed by atoms with E-state index in [1.165, 1.54) is 10.9 Å². The van der Waals surface area contributed by atoms with Crippen LogP contribution >= 0.6 is 0 Å². The van der Waals surface area contributed by atoms with Crippen molar-refractivity contribution in [2.75, 3.05) is 0 Å². The lowest BCUT2D eigenvalue weighted by Gasteiger charge is -2.29. The van der Waals surface area contributed by atoms with E-state index in [9.17, 15) is 0 Å². The Bertz CT molecular complexity index is 1790. The Hall–Kier alpha value is -4.71. The van der Waals surface area contributed by atoms with Gasteiger partial charge in [-0.1, -0.05) is 72.8 Å². The zero-order chi connectivity index (χ0) is 24.9. The van der Waals surface area contributed by atoms with E-state index in [1.54, 1.807) is 10.8 Å². The topological polar surface area (TPSA) is 61.5 Å². The molecule has 0 aliphatic carbocycles. The van der Waals surface area contributed by atoms with Gasteiger partial charge in [-0.15, -0.1) is 5.10 Å². The number of aryl methyl sites for hydroxylation is 1. The van der Waals surface area contributed by atoms with Crippen LogP contribution in [0.25, 0.3) is 16.4 Å². The summed E-state index contributed by atoms with van der Waals surface area (Å²) in [5.74, 6) is 2.68. The molecule has 6 nitrogen and oxygen atoms in total. The van der Waals surface area contributed by atoms with Gasteiger partial charge in [0.15, 0.2) is 11.5 Å². The zero-order valence-electron chi connectivity index (χ0n) is 20.6. The fourth-order valence-electron chi connectivity index (χ4n) is 5.21. The minimum absolute atomic E-state index is 0.112. The minimum atomic E-state index is -0.112. The second-order valence-corrected chi connectivity index (χ2v) is 9.39. The lowest BCUT2D eigenvalue weighted by molar-refractivity contribution is 0.294. The van der Waals surface area contributed by atoms with E-state index < -0.39 is 0 Å². The SMILES string of the molecule is Cc1cccc(OCc2nc3c4c(ncn3n2)Oc2ccc3ccccc3c2[C@H]4c2ccccc2)c1C. The fraction of sp³-hybridized carbons (Fsp3) is 0.129. The number of rotatable bonds is 4. The molecule has 0 saturated heterocycles. The third-order valence-corrected chi connectivity index (χ3v) is 7.19. The fourth-order valence-corrected chi connectivity index (χ4v) is 5.21. The summed E-state index contributed by atoms with van der Waals surface area (Å²) < 4.78 is 14.2. The molecule has 0 fully saturated rings. The number of ether oxygens (including phenoxy) is 2. The standard InChI is InChI=1S/C31H24N4O2/c1-19-9-8-14-24(20(19)2)36-17-26-33-30-29-27(22-11-4-3-5-12-22)28-23-13-7-6-10-21(23)15-16-25(28)37-31(29)32-18-35(30)34-26/h3-16,18,27H,17H2,1-2H3/t27-/m1/s1. The first kappa shape index (κ1) is 21.6. The normalized spacial score (nSPS) is 14.3. The van der Waals surface area contributed by atoms with Gasteiger partial charge in [-0.25, -0.2) is 14.5 Å². The third-order valence-electron chi connectivity index (χ3n) is 7.19. The summed E-state index contributed by atoms with van der Waals surface area (Å²) in [7, 11) is 0. The van der Waals surface area contributed by atoms with Crippen molar-refractivity contribution in [1.29, 1.82) is 0 Å². The van der Waals surface area contributed by atoms with Gasteiger partial charge in [0, 0.05) is 11.5 Å². The monoisotopic (exact) mass is 484 g/mol. The van der Waals surface area contributed by atoms with Crippen LogP contribution in [0.5, 0.6) is 17.4 Å². The molecular weight excluding hydrogens is 460 g/mol. The molecular formula is C31H24N4O2. The zero-order valence-corrected chi connectivity index (χ0v) is 20.6. The van der Waals surface area contributed by atoms with E-state index in [0.29, 0.717) is 11.7 Å². The maximum atomic E-state index is 6.39. The Morgan fingerprint density at radius 2 is 1.70 bits per heavy atom. The number of nitrogens with zero attached hydrogens (tertiary/aromatic N) is 4.